The minimum Gasteiger partial charge on any atom is -0.497 e. The average molecular weight is 366 g/mol. The molecule has 2 bridgehead atoms. The van der Waals surface area contributed by atoms with Gasteiger partial charge in [0.15, 0.2) is 0 Å². The smallest absolute Gasteiger partial charge is 0.119 e. The number of piperidine rings is 1. The van der Waals surface area contributed by atoms with E-state index in [0.29, 0.717) is 6.17 Å². The monoisotopic (exact) mass is 365 g/mol. The van der Waals surface area contributed by atoms with Gasteiger partial charge < -0.3 is 9.72 Å². The zero-order chi connectivity index (χ0) is 17.3. The van der Waals surface area contributed by atoms with Crippen LogP contribution in [0.15, 0.2) is 35.7 Å². The molecular formula is C21H23N3OS. The third-order valence-electron chi connectivity index (χ3n) is 6.80. The van der Waals surface area contributed by atoms with Gasteiger partial charge in [0.05, 0.1) is 18.8 Å². The topological polar surface area (TPSA) is 31.5 Å². The molecule has 7 rings (SSSR count). The largest absolute Gasteiger partial charge is 0.497 e. The summed E-state index contributed by atoms with van der Waals surface area (Å²) in [4.78, 5) is 10.8. The molecule has 0 aliphatic carbocycles. The molecule has 1 N–H and O–H groups in total. The van der Waals surface area contributed by atoms with Crippen LogP contribution in [-0.4, -0.2) is 41.5 Å². The molecule has 3 fully saturated rings. The Morgan fingerprint density at radius 3 is 2.85 bits per heavy atom. The van der Waals surface area contributed by atoms with E-state index in [9.17, 15) is 0 Å². The van der Waals surface area contributed by atoms with Crippen LogP contribution < -0.4 is 4.74 Å². The lowest BCUT2D eigenvalue weighted by Crippen LogP contribution is -2.66. The molecule has 0 saturated carbocycles. The zero-order valence-corrected chi connectivity index (χ0v) is 15.8. The van der Waals surface area contributed by atoms with Gasteiger partial charge in [-0.05, 0) is 54.5 Å². The molecule has 3 saturated heterocycles. The number of H-pyrrole nitrogens is 1. The van der Waals surface area contributed by atoms with E-state index < -0.39 is 0 Å². The average Bonchev–Trinajstić information content (AvgIpc) is 3.35. The number of aromatic amines is 1. The number of rotatable bonds is 2. The number of methoxy groups -OCH3 is 1. The van der Waals surface area contributed by atoms with Gasteiger partial charge in [-0.2, -0.15) is 0 Å². The lowest BCUT2D eigenvalue weighted by atomic mass is 9.74. The molecular weight excluding hydrogens is 342 g/mol. The van der Waals surface area contributed by atoms with E-state index >= 15 is 0 Å². The Bertz CT molecular complexity index is 969. The first kappa shape index (κ1) is 15.3. The number of ether oxygens (including phenoxy) is 1. The molecule has 1 aromatic carbocycles. The number of fused-ring (bicyclic) bond motifs is 5. The number of thiophene rings is 1. The minimum atomic E-state index is 0.170. The molecule has 1 spiro atoms. The Hall–Kier alpha value is -1.82. The Morgan fingerprint density at radius 2 is 2.08 bits per heavy atom. The molecule has 1 atom stereocenters. The van der Waals surface area contributed by atoms with E-state index in [1.165, 1.54) is 53.0 Å². The first-order chi connectivity index (χ1) is 12.8. The second-order valence-electron chi connectivity index (χ2n) is 7.79. The normalized spacial score (nSPS) is 30.3. The highest BCUT2D eigenvalue weighted by Gasteiger charge is 2.55. The van der Waals surface area contributed by atoms with E-state index in [4.69, 9.17) is 4.74 Å². The molecule has 3 aromatic rings. The summed E-state index contributed by atoms with van der Waals surface area (Å²) in [6.45, 7) is 3.52. The van der Waals surface area contributed by atoms with Gasteiger partial charge in [-0.3, -0.25) is 9.80 Å². The lowest BCUT2D eigenvalue weighted by molar-refractivity contribution is -0.148. The van der Waals surface area contributed by atoms with Crippen molar-refractivity contribution in [2.24, 2.45) is 0 Å². The van der Waals surface area contributed by atoms with Crippen LogP contribution in [0.1, 0.15) is 35.1 Å². The van der Waals surface area contributed by atoms with Crippen molar-refractivity contribution >= 4 is 22.2 Å². The van der Waals surface area contributed by atoms with Crippen LogP contribution in [-0.2, 0) is 12.0 Å². The quantitative estimate of drug-likeness (QED) is 0.742. The van der Waals surface area contributed by atoms with Crippen molar-refractivity contribution in [1.82, 2.24) is 14.8 Å². The minimum absolute atomic E-state index is 0.170. The summed E-state index contributed by atoms with van der Waals surface area (Å²) in [6, 6.07) is 11.0. The Kier molecular flexibility index (Phi) is 3.14. The highest BCUT2D eigenvalue weighted by molar-refractivity contribution is 7.10. The van der Waals surface area contributed by atoms with Crippen LogP contribution in [0.2, 0.25) is 0 Å². The Labute approximate surface area is 157 Å². The molecule has 134 valence electrons. The van der Waals surface area contributed by atoms with Crippen LogP contribution in [0, 0.1) is 0 Å². The molecule has 5 heteroatoms. The fourth-order valence-electron chi connectivity index (χ4n) is 5.60. The maximum absolute atomic E-state index is 5.49. The van der Waals surface area contributed by atoms with Crippen molar-refractivity contribution < 1.29 is 4.74 Å². The molecule has 0 radical (unpaired) electrons. The molecule has 0 amide bonds. The first-order valence-corrected chi connectivity index (χ1v) is 10.4. The second kappa shape index (κ2) is 5.35. The van der Waals surface area contributed by atoms with Gasteiger partial charge in [0, 0.05) is 41.1 Å². The van der Waals surface area contributed by atoms with Gasteiger partial charge in [0.25, 0.3) is 0 Å². The first-order valence-electron chi connectivity index (χ1n) is 9.53. The number of nitrogens with one attached hydrogen (secondary N) is 1. The van der Waals surface area contributed by atoms with Gasteiger partial charge in [0.2, 0.25) is 0 Å². The zero-order valence-electron chi connectivity index (χ0n) is 15.0. The number of hydrogen-bond donors (Lipinski definition) is 1. The summed E-state index contributed by atoms with van der Waals surface area (Å²) < 4.78 is 5.49. The Balaban J connectivity index is 1.53. The van der Waals surface area contributed by atoms with Crippen molar-refractivity contribution in [3.63, 3.8) is 0 Å². The van der Waals surface area contributed by atoms with Crippen molar-refractivity contribution in [2.45, 2.75) is 31.0 Å². The molecule has 4 aliphatic heterocycles. The van der Waals surface area contributed by atoms with E-state index in [1.54, 1.807) is 7.11 Å². The van der Waals surface area contributed by atoms with Crippen LogP contribution in [0.3, 0.4) is 0 Å². The maximum atomic E-state index is 5.49. The van der Waals surface area contributed by atoms with Crippen LogP contribution in [0.25, 0.3) is 10.9 Å². The van der Waals surface area contributed by atoms with Gasteiger partial charge in [-0.25, -0.2) is 0 Å². The summed E-state index contributed by atoms with van der Waals surface area (Å²) in [5.74, 6) is 0.953. The number of aromatic nitrogens is 1. The number of hydrogen-bond acceptors (Lipinski definition) is 4. The molecule has 4 nitrogen and oxygen atoms in total. The summed E-state index contributed by atoms with van der Waals surface area (Å²) in [5, 5.41) is 3.57. The van der Waals surface area contributed by atoms with Gasteiger partial charge in [-0.15, -0.1) is 11.3 Å². The van der Waals surface area contributed by atoms with Gasteiger partial charge in [-0.1, -0.05) is 6.07 Å². The van der Waals surface area contributed by atoms with Crippen molar-refractivity contribution in [3.05, 3.63) is 51.8 Å². The van der Waals surface area contributed by atoms with Crippen LogP contribution in [0.4, 0.5) is 0 Å². The second-order valence-corrected chi connectivity index (χ2v) is 8.77. The predicted octanol–water partition coefficient (Wildman–Crippen LogP) is 4.10. The third kappa shape index (κ3) is 1.86. The fraction of sp³-hybridized carbons (Fsp3) is 0.429. The molecule has 26 heavy (non-hydrogen) atoms. The SMILES string of the molecule is COc1ccc2[nH]c3c(c2c1)CCN1C(c2cccs2)N2CCC31CC2. The number of benzene rings is 1. The van der Waals surface area contributed by atoms with E-state index in [-0.39, 0.29) is 5.54 Å². The summed E-state index contributed by atoms with van der Waals surface area (Å²) in [5.41, 5.74) is 4.43. The van der Waals surface area contributed by atoms with Gasteiger partial charge >= 0.3 is 0 Å². The van der Waals surface area contributed by atoms with E-state index in [2.05, 4.69) is 50.5 Å². The lowest BCUT2D eigenvalue weighted by Gasteiger charge is -2.61. The summed E-state index contributed by atoms with van der Waals surface area (Å²) >= 11 is 1.90. The predicted molar refractivity (Wildman–Crippen MR) is 105 cm³/mol. The highest BCUT2D eigenvalue weighted by Crippen LogP contribution is 2.54. The molecule has 2 aromatic heterocycles. The molecule has 1 unspecified atom stereocenters. The molecule has 6 heterocycles. The summed E-state index contributed by atoms with van der Waals surface area (Å²) in [6.07, 6.45) is 4.02. The maximum Gasteiger partial charge on any atom is 0.119 e. The van der Waals surface area contributed by atoms with E-state index in [0.717, 1.165) is 18.7 Å². The highest BCUT2D eigenvalue weighted by atomic mass is 32.1. The van der Waals surface area contributed by atoms with Crippen LogP contribution in [0.5, 0.6) is 5.75 Å². The fourth-order valence-corrected chi connectivity index (χ4v) is 6.47. The standard InChI is InChI=1S/C21H23N3OS/c1-25-14-4-5-17-16(13-14)15-6-9-24-20(18-3-2-12-26-18)23-10-7-21(24,8-11-23)19(15)22-17/h2-5,12-13,20,22H,6-11H2,1H3. The van der Waals surface area contributed by atoms with E-state index in [1.807, 2.05) is 11.3 Å². The third-order valence-corrected chi connectivity index (χ3v) is 7.71. The van der Waals surface area contributed by atoms with Crippen LogP contribution >= 0.6 is 11.3 Å². The number of nitrogens with zero attached hydrogens (tertiary/aromatic N) is 2. The van der Waals surface area contributed by atoms with Gasteiger partial charge in [0.1, 0.15) is 5.75 Å². The molecule has 4 aliphatic rings. The van der Waals surface area contributed by atoms with Crippen molar-refractivity contribution in [2.75, 3.05) is 26.7 Å². The summed E-state index contributed by atoms with van der Waals surface area (Å²) in [7, 11) is 1.75. The Morgan fingerprint density at radius 1 is 1.19 bits per heavy atom. The van der Waals surface area contributed by atoms with Crippen molar-refractivity contribution in [3.8, 4) is 5.75 Å². The van der Waals surface area contributed by atoms with Crippen molar-refractivity contribution in [1.29, 1.82) is 0 Å².